The van der Waals surface area contributed by atoms with Gasteiger partial charge in [-0.25, -0.2) is 0 Å². The Balaban J connectivity index is 1.57. The van der Waals surface area contributed by atoms with Crippen LogP contribution < -0.4 is 4.74 Å². The van der Waals surface area contributed by atoms with E-state index in [1.807, 2.05) is 75.4 Å². The van der Waals surface area contributed by atoms with Gasteiger partial charge in [0, 0.05) is 12.1 Å². The minimum absolute atomic E-state index is 0.0173. The number of aliphatic hydroxyl groups is 1. The number of aliphatic hydroxyl groups excluding tert-OH is 1. The van der Waals surface area contributed by atoms with Crippen LogP contribution in [0.5, 0.6) is 11.5 Å². The Labute approximate surface area is 221 Å². The lowest BCUT2D eigenvalue weighted by Crippen LogP contribution is -2.29. The number of phenols is 1. The first-order valence-electron chi connectivity index (χ1n) is 12.5. The van der Waals surface area contributed by atoms with E-state index in [1.165, 1.54) is 17.0 Å². The van der Waals surface area contributed by atoms with Crippen molar-refractivity contribution in [1.82, 2.24) is 4.90 Å². The summed E-state index contributed by atoms with van der Waals surface area (Å²) in [6.45, 7) is 6.05. The second-order valence-corrected chi connectivity index (χ2v) is 10.4. The van der Waals surface area contributed by atoms with Gasteiger partial charge in [-0.2, -0.15) is 0 Å². The number of aromatic hydroxyl groups is 1. The highest BCUT2D eigenvalue weighted by Crippen LogP contribution is 2.41. The van der Waals surface area contributed by atoms with Crippen LogP contribution in [0.2, 0.25) is 0 Å². The zero-order valence-electron chi connectivity index (χ0n) is 21.5. The Morgan fingerprint density at radius 3 is 2.18 bits per heavy atom. The van der Waals surface area contributed by atoms with Crippen LogP contribution in [0.4, 0.5) is 0 Å². The third-order valence-corrected chi connectivity index (χ3v) is 6.47. The summed E-state index contributed by atoms with van der Waals surface area (Å²) < 4.78 is 5.90. The Morgan fingerprint density at radius 1 is 0.868 bits per heavy atom. The van der Waals surface area contributed by atoms with Gasteiger partial charge in [0.15, 0.2) is 0 Å². The highest BCUT2D eigenvalue weighted by Gasteiger charge is 2.46. The van der Waals surface area contributed by atoms with E-state index in [2.05, 4.69) is 0 Å². The van der Waals surface area contributed by atoms with Crippen LogP contribution in [0.15, 0.2) is 96.6 Å². The van der Waals surface area contributed by atoms with Gasteiger partial charge in [0.25, 0.3) is 11.7 Å². The van der Waals surface area contributed by atoms with E-state index < -0.39 is 17.7 Å². The number of ether oxygens (including phenoxy) is 1. The summed E-state index contributed by atoms with van der Waals surface area (Å²) in [7, 11) is 0. The minimum atomic E-state index is -0.826. The number of hydrogen-bond acceptors (Lipinski definition) is 5. The van der Waals surface area contributed by atoms with Crippen LogP contribution in [-0.4, -0.2) is 32.4 Å². The lowest BCUT2D eigenvalue weighted by atomic mass is 9.94. The molecule has 1 unspecified atom stereocenters. The van der Waals surface area contributed by atoms with Crippen LogP contribution in [0.25, 0.3) is 16.5 Å². The third-order valence-electron chi connectivity index (χ3n) is 6.47. The first kappa shape index (κ1) is 25.1. The quantitative estimate of drug-likeness (QED) is 0.187. The molecule has 1 amide bonds. The molecule has 1 fully saturated rings. The monoisotopic (exact) mass is 507 g/mol. The Bertz CT molecular complexity index is 1550. The van der Waals surface area contributed by atoms with Crippen LogP contribution in [0.1, 0.15) is 43.5 Å². The van der Waals surface area contributed by atoms with Crippen molar-refractivity contribution in [1.29, 1.82) is 0 Å². The predicted molar refractivity (Wildman–Crippen MR) is 147 cm³/mol. The molecule has 6 heteroatoms. The summed E-state index contributed by atoms with van der Waals surface area (Å²) >= 11 is 0. The Kier molecular flexibility index (Phi) is 6.41. The largest absolute Gasteiger partial charge is 0.508 e. The molecule has 192 valence electrons. The van der Waals surface area contributed by atoms with E-state index >= 15 is 0 Å². The van der Waals surface area contributed by atoms with Gasteiger partial charge >= 0.3 is 0 Å². The van der Waals surface area contributed by atoms with Gasteiger partial charge in [-0.15, -0.1) is 0 Å². The number of nitrogens with zero attached hydrogens (tertiary/aromatic N) is 1. The van der Waals surface area contributed by atoms with E-state index in [0.29, 0.717) is 16.9 Å². The zero-order chi connectivity index (χ0) is 27.0. The maximum absolute atomic E-state index is 13.4. The highest BCUT2D eigenvalue weighted by atomic mass is 16.5. The second kappa shape index (κ2) is 9.71. The first-order chi connectivity index (χ1) is 18.1. The molecule has 1 heterocycles. The molecule has 4 aromatic carbocycles. The number of Topliss-reactive ketones (excluding diaryl/α,β-unsaturated/α-hetero) is 1. The summed E-state index contributed by atoms with van der Waals surface area (Å²) in [5, 5.41) is 23.1. The average molecular weight is 508 g/mol. The van der Waals surface area contributed by atoms with Gasteiger partial charge in [-0.05, 0) is 73.0 Å². The molecule has 5 rings (SSSR count). The van der Waals surface area contributed by atoms with Crippen LogP contribution in [0.3, 0.4) is 0 Å². The number of likely N-dealkylation sites (tertiary alicyclic amines) is 1. The molecule has 1 aliphatic heterocycles. The molecule has 6 nitrogen and oxygen atoms in total. The molecule has 38 heavy (non-hydrogen) atoms. The minimum Gasteiger partial charge on any atom is -0.508 e. The van der Waals surface area contributed by atoms with Gasteiger partial charge in [-0.3, -0.25) is 9.59 Å². The van der Waals surface area contributed by atoms with Crippen molar-refractivity contribution in [3.05, 3.63) is 113 Å². The molecule has 0 saturated carbocycles. The van der Waals surface area contributed by atoms with Crippen LogP contribution >= 0.6 is 0 Å². The number of carbonyl (C=O) groups excluding carboxylic acids is 2. The van der Waals surface area contributed by atoms with Crippen molar-refractivity contribution in [2.75, 3.05) is 0 Å². The molecular weight excluding hydrogens is 478 g/mol. The summed E-state index contributed by atoms with van der Waals surface area (Å²) in [6.07, 6.45) is 0. The van der Waals surface area contributed by atoms with E-state index in [9.17, 15) is 19.8 Å². The third kappa shape index (κ3) is 4.98. The van der Waals surface area contributed by atoms with Gasteiger partial charge in [-0.1, -0.05) is 60.7 Å². The predicted octanol–water partition coefficient (Wildman–Crippen LogP) is 6.34. The van der Waals surface area contributed by atoms with Crippen molar-refractivity contribution in [3.63, 3.8) is 0 Å². The summed E-state index contributed by atoms with van der Waals surface area (Å²) in [4.78, 5) is 28.2. The van der Waals surface area contributed by atoms with Crippen molar-refractivity contribution in [2.45, 2.75) is 39.0 Å². The molecule has 1 saturated heterocycles. The fraction of sp³-hybridized carbons (Fsp3) is 0.188. The van der Waals surface area contributed by atoms with Crippen molar-refractivity contribution >= 4 is 28.2 Å². The van der Waals surface area contributed by atoms with Gasteiger partial charge in [0.1, 0.15) is 22.9 Å². The molecular formula is C32H29NO5. The fourth-order valence-electron chi connectivity index (χ4n) is 4.75. The molecule has 1 aliphatic rings. The first-order valence-corrected chi connectivity index (χ1v) is 12.5. The number of carbonyl (C=O) groups is 2. The van der Waals surface area contributed by atoms with Gasteiger partial charge in [0.2, 0.25) is 0 Å². The maximum atomic E-state index is 13.4. The number of fused-ring (bicyclic) bond motifs is 1. The highest BCUT2D eigenvalue weighted by molar-refractivity contribution is 6.46. The smallest absolute Gasteiger partial charge is 0.295 e. The molecule has 1 atom stereocenters. The van der Waals surface area contributed by atoms with E-state index in [-0.39, 0.29) is 29.2 Å². The molecule has 2 N–H and O–H groups in total. The summed E-state index contributed by atoms with van der Waals surface area (Å²) in [6, 6.07) is 26.0. The van der Waals surface area contributed by atoms with Crippen LogP contribution in [0, 0.1) is 0 Å². The lowest BCUT2D eigenvalue weighted by Gasteiger charge is -2.26. The van der Waals surface area contributed by atoms with Crippen molar-refractivity contribution in [3.8, 4) is 11.5 Å². The number of hydrogen-bond donors (Lipinski definition) is 2. The van der Waals surface area contributed by atoms with Gasteiger partial charge < -0.3 is 19.8 Å². The van der Waals surface area contributed by atoms with E-state index in [4.69, 9.17) is 4.74 Å². The lowest BCUT2D eigenvalue weighted by molar-refractivity contribution is -0.140. The Hall–Kier alpha value is -4.58. The van der Waals surface area contributed by atoms with E-state index in [1.54, 1.807) is 24.3 Å². The number of benzene rings is 4. The molecule has 0 bridgehead atoms. The second-order valence-electron chi connectivity index (χ2n) is 10.4. The summed E-state index contributed by atoms with van der Waals surface area (Å²) in [5.41, 5.74) is 1.54. The Morgan fingerprint density at radius 2 is 1.53 bits per heavy atom. The normalized spacial score (nSPS) is 17.2. The molecule has 0 spiro atoms. The topological polar surface area (TPSA) is 87.1 Å². The molecule has 0 aromatic heterocycles. The number of phenolic OH excluding ortho intramolecular Hbond substituents is 1. The average Bonchev–Trinajstić information content (AvgIpc) is 3.13. The SMILES string of the molecule is CC(C)(C)Oc1ccc(CN2C(=O)C(=O)/C(=C(\O)c3ccc4ccccc4c3)C2c2ccc(O)cc2)cc1. The molecule has 0 radical (unpaired) electrons. The number of rotatable bonds is 5. The fourth-order valence-corrected chi connectivity index (χ4v) is 4.75. The molecule has 4 aromatic rings. The van der Waals surface area contributed by atoms with Crippen LogP contribution in [-0.2, 0) is 16.1 Å². The molecule has 0 aliphatic carbocycles. The van der Waals surface area contributed by atoms with Crippen molar-refractivity contribution < 1.29 is 24.5 Å². The zero-order valence-corrected chi connectivity index (χ0v) is 21.5. The maximum Gasteiger partial charge on any atom is 0.295 e. The standard InChI is InChI=1S/C32H29NO5/c1-32(2,3)38-26-16-8-20(9-17-26)19-33-28(22-12-14-25(34)15-13-22)27(30(36)31(33)37)29(35)24-11-10-21-6-4-5-7-23(21)18-24/h4-18,28,34-35H,19H2,1-3H3/b29-27-. The number of ketones is 1. The number of amides is 1. The summed E-state index contributed by atoms with van der Waals surface area (Å²) in [5.74, 6) is -0.908. The van der Waals surface area contributed by atoms with E-state index in [0.717, 1.165) is 16.3 Å². The van der Waals surface area contributed by atoms with Crippen molar-refractivity contribution in [2.24, 2.45) is 0 Å². The van der Waals surface area contributed by atoms with Gasteiger partial charge in [0.05, 0.1) is 11.6 Å².